The molecule has 0 unspecified atom stereocenters. The Morgan fingerprint density at radius 3 is 1.17 bits per heavy atom. The maximum atomic E-state index is 10.9. The summed E-state index contributed by atoms with van der Waals surface area (Å²) in [5.74, 6) is 2.25. The minimum absolute atomic E-state index is 0.0370. The highest BCUT2D eigenvalue weighted by Gasteiger charge is 2.10. The quantitative estimate of drug-likeness (QED) is 0.0413. The lowest BCUT2D eigenvalue weighted by molar-refractivity contribution is -0.132. The fraction of sp³-hybridized carbons (Fsp3) is 0.821. The summed E-state index contributed by atoms with van der Waals surface area (Å²) in [7, 11) is -3.28. The van der Waals surface area contributed by atoms with E-state index in [1.807, 2.05) is 62.3 Å². The van der Waals surface area contributed by atoms with Gasteiger partial charge in [-0.2, -0.15) is 13.5 Å². The van der Waals surface area contributed by atoms with Crippen molar-refractivity contribution in [2.45, 2.75) is 155 Å². The largest absolute Gasteiger partial charge is 0.454 e. The number of amides is 3. The molecule has 0 aliphatic heterocycles. The summed E-state index contributed by atoms with van der Waals surface area (Å²) in [6, 6.07) is 0. The summed E-state index contributed by atoms with van der Waals surface area (Å²) in [5.41, 5.74) is 1.53. The number of H-pyrrole nitrogens is 1. The number of carbonyl (C=O) groups is 5. The Bertz CT molecular complexity index is 1230. The molecule has 1 heterocycles. The highest BCUT2D eigenvalue weighted by molar-refractivity contribution is 7.86. The number of ketones is 2. The molecule has 18 nitrogen and oxygen atoms in total. The zero-order valence-corrected chi connectivity index (χ0v) is 40.8. The third kappa shape index (κ3) is 64.1. The van der Waals surface area contributed by atoms with Crippen LogP contribution in [0.3, 0.4) is 0 Å². The minimum Gasteiger partial charge on any atom is -0.427 e. The minimum atomic E-state index is -3.74. The van der Waals surface area contributed by atoms with Crippen molar-refractivity contribution in [3.05, 3.63) is 12.2 Å². The molecule has 0 saturated carbocycles. The van der Waals surface area contributed by atoms with E-state index >= 15 is 0 Å². The van der Waals surface area contributed by atoms with Gasteiger partial charge in [-0.05, 0) is 39.9 Å². The second-order valence-corrected chi connectivity index (χ2v) is 17.3. The smallest absolute Gasteiger partial charge is 0.427 e. The van der Waals surface area contributed by atoms with Gasteiger partial charge in [0.1, 0.15) is 23.7 Å². The summed E-state index contributed by atoms with van der Waals surface area (Å²) >= 11 is 0. The van der Waals surface area contributed by atoms with E-state index in [2.05, 4.69) is 39.7 Å². The number of Topliss-reactive ketones (excluding diaryl/α,β-unsaturated/α-hetero) is 2. The van der Waals surface area contributed by atoms with Crippen LogP contribution < -0.4 is 16.1 Å². The fourth-order valence-corrected chi connectivity index (χ4v) is 1.55. The second kappa shape index (κ2) is 44.3. The predicted molar refractivity (Wildman–Crippen MR) is 236 cm³/mol. The Morgan fingerprint density at radius 1 is 0.712 bits per heavy atom. The Hall–Kier alpha value is -3.30. The summed E-state index contributed by atoms with van der Waals surface area (Å²) in [6.07, 6.45) is 2.54. The van der Waals surface area contributed by atoms with Gasteiger partial charge in [0.05, 0.1) is 11.9 Å². The molecular formula is C39H85BN6O12S. The molecule has 0 bridgehead atoms. The summed E-state index contributed by atoms with van der Waals surface area (Å²) in [5, 5.41) is 35.6. The third-order valence-corrected chi connectivity index (χ3v) is 7.83. The summed E-state index contributed by atoms with van der Waals surface area (Å²) in [6.45, 7) is 36.2. The van der Waals surface area contributed by atoms with Gasteiger partial charge in [0.25, 0.3) is 10.1 Å². The van der Waals surface area contributed by atoms with Gasteiger partial charge >= 0.3 is 7.12 Å². The predicted octanol–water partition coefficient (Wildman–Crippen LogP) is 5.26. The van der Waals surface area contributed by atoms with E-state index in [1.54, 1.807) is 48.7 Å². The van der Waals surface area contributed by atoms with Crippen LogP contribution in [0, 0.1) is 29.6 Å². The first-order valence-electron chi connectivity index (χ1n) is 19.9. The molecule has 0 spiro atoms. The molecule has 8 N–H and O–H groups in total. The number of nitrogens with one attached hydrogen (secondary N) is 4. The van der Waals surface area contributed by atoms with E-state index in [9.17, 15) is 32.4 Å². The van der Waals surface area contributed by atoms with Crippen molar-refractivity contribution >= 4 is 46.5 Å². The first kappa shape index (κ1) is 70.3. The molecule has 0 aliphatic rings. The van der Waals surface area contributed by atoms with Crippen LogP contribution in [0.2, 0.25) is 5.82 Å². The van der Waals surface area contributed by atoms with Crippen molar-refractivity contribution < 1.29 is 56.9 Å². The number of rotatable bonds is 13. The number of hydrogen-bond acceptors (Lipinski definition) is 13. The number of aromatic nitrogens is 3. The Morgan fingerprint density at radius 2 is 1.03 bits per heavy atom. The van der Waals surface area contributed by atoms with E-state index < -0.39 is 22.5 Å². The average Bonchev–Trinajstić information content (AvgIpc) is 3.67. The van der Waals surface area contributed by atoms with E-state index in [1.165, 1.54) is 25.7 Å². The normalized spacial score (nSPS) is 10.0. The molecule has 0 aliphatic carbocycles. The molecule has 352 valence electrons. The lowest BCUT2D eigenvalue weighted by Crippen LogP contribution is -2.30. The maximum absolute atomic E-state index is 10.9. The monoisotopic (exact) mass is 873 g/mol. The van der Waals surface area contributed by atoms with Crippen LogP contribution in [0.1, 0.15) is 150 Å². The summed E-state index contributed by atoms with van der Waals surface area (Å²) < 4.78 is 32.6. The highest BCUT2D eigenvalue weighted by atomic mass is 32.2. The number of carbonyl (C=O) groups excluding carboxylic acids is 5. The number of nitrogens with zero attached hydrogens (tertiary/aromatic N) is 2. The van der Waals surface area contributed by atoms with Crippen molar-refractivity contribution in [3.8, 4) is 0 Å². The van der Waals surface area contributed by atoms with Gasteiger partial charge in [-0.15, -0.1) is 0 Å². The van der Waals surface area contributed by atoms with Gasteiger partial charge in [-0.25, -0.2) is 10.5 Å². The number of hydrogen-bond donors (Lipinski definition) is 8. The average molecular weight is 873 g/mol. The highest BCUT2D eigenvalue weighted by Crippen LogP contribution is 2.04. The van der Waals surface area contributed by atoms with Gasteiger partial charge in [0, 0.05) is 55.7 Å². The van der Waals surface area contributed by atoms with Crippen LogP contribution >= 0.6 is 0 Å². The van der Waals surface area contributed by atoms with Crippen LogP contribution in [-0.4, -0.2) is 112 Å². The molecule has 20 heteroatoms. The van der Waals surface area contributed by atoms with Crippen molar-refractivity contribution in [1.82, 2.24) is 31.3 Å². The Labute approximate surface area is 357 Å². The van der Waals surface area contributed by atoms with Gasteiger partial charge in [0.2, 0.25) is 17.7 Å². The molecule has 59 heavy (non-hydrogen) atoms. The van der Waals surface area contributed by atoms with Gasteiger partial charge in [0.15, 0.2) is 0 Å². The molecular weight excluding hydrogens is 787 g/mol. The van der Waals surface area contributed by atoms with Crippen molar-refractivity contribution in [2.24, 2.45) is 29.6 Å². The third-order valence-electron chi connectivity index (χ3n) is 6.64. The zero-order valence-electron chi connectivity index (χ0n) is 40.0. The van der Waals surface area contributed by atoms with E-state index in [0.717, 1.165) is 18.8 Å². The molecule has 3 amide bonds. The van der Waals surface area contributed by atoms with Crippen LogP contribution in [0.5, 0.6) is 0 Å². The van der Waals surface area contributed by atoms with Gasteiger partial charge in [-0.1, -0.05) is 104 Å². The second-order valence-electron chi connectivity index (χ2n) is 15.3. The van der Waals surface area contributed by atoms with E-state index in [4.69, 9.17) is 24.5 Å². The number of methoxy groups -OCH3 is 1. The molecule has 0 saturated heterocycles. The standard InChI is InChI=1S/C7H15NO2.C7H15NO.C5H9N3.2C5H10O.C4H9NO2.C3H9BO2.C3H8O3S/c1-6(2)7(9)8-4-5-10-3;1-4-5-8-7(9)6(2)3;1-4(2)5-6-3-7-8-5;2*1-4(2)5(3)6;1-3(2)4(6)5-7;1-3(2)4(5)6;1-3(2)7(4,5)6/h6H,4-5H2,1-3H3,(H,8,9);6H,4-5H2,1-3H3,(H,8,9);3-4H,1-2H3,(H,6,7,8);2*4H,1-3H3;3,7H,1-2H3,(H,5,6);3,5-6H,1-2H3;3H,1-2H3,(H,4,5,6). The molecule has 1 aromatic rings. The zero-order chi connectivity index (χ0) is 48.6. The lowest BCUT2D eigenvalue weighted by atomic mass is 9.76. The van der Waals surface area contributed by atoms with Crippen LogP contribution in [-0.2, 0) is 38.8 Å². The number of aromatic amines is 1. The maximum Gasteiger partial charge on any atom is 0.454 e. The molecule has 0 atom stereocenters. The van der Waals surface area contributed by atoms with Crippen molar-refractivity contribution in [1.29, 1.82) is 0 Å². The molecule has 0 radical (unpaired) electrons. The van der Waals surface area contributed by atoms with Gasteiger partial charge in [-0.3, -0.25) is 38.8 Å². The van der Waals surface area contributed by atoms with Crippen LogP contribution in [0.4, 0.5) is 0 Å². The van der Waals surface area contributed by atoms with Crippen molar-refractivity contribution in [2.75, 3.05) is 26.8 Å². The van der Waals surface area contributed by atoms with Gasteiger partial charge < -0.3 is 25.4 Å². The SMILES string of the molecule is CC(=O)C(C)C.CC(=O)C(C)C.CC(C)B(O)O.CC(C)C(=O)NO.CC(C)S(=O)(=O)O.CC(C)c1ncn[nH]1.CCCNC(=O)C(C)C.COCCNC(=O)C(C)C. The van der Waals surface area contributed by atoms with E-state index in [0.29, 0.717) is 19.1 Å². The topological polar surface area (TPSA) is 287 Å². The molecule has 1 rings (SSSR count). The lowest BCUT2D eigenvalue weighted by Gasteiger charge is -2.05. The number of ether oxygens (including phenoxy) is 1. The first-order valence-corrected chi connectivity index (χ1v) is 21.4. The first-order chi connectivity index (χ1) is 26.7. The van der Waals surface area contributed by atoms with E-state index in [-0.39, 0.29) is 64.7 Å². The number of hydroxylamine groups is 1. The molecule has 1 aromatic heterocycles. The van der Waals surface area contributed by atoms with Crippen LogP contribution in [0.15, 0.2) is 6.33 Å². The fourth-order valence-electron chi connectivity index (χ4n) is 1.55. The Kier molecular flexibility index (Phi) is 52.7. The molecule has 0 fully saturated rings. The van der Waals surface area contributed by atoms with Crippen LogP contribution in [0.25, 0.3) is 0 Å². The molecule has 0 aromatic carbocycles. The summed E-state index contributed by atoms with van der Waals surface area (Å²) in [4.78, 5) is 56.0. The Balaban J connectivity index is -0.000000105. The van der Waals surface area contributed by atoms with Crippen molar-refractivity contribution in [3.63, 3.8) is 0 Å².